The zero-order chi connectivity index (χ0) is 15.6. The van der Waals surface area contributed by atoms with Crippen molar-refractivity contribution >= 4 is 29.2 Å². The van der Waals surface area contributed by atoms with E-state index in [1.54, 1.807) is 11.3 Å². The maximum Gasteiger partial charge on any atom is 0.330 e. The van der Waals surface area contributed by atoms with Crippen molar-refractivity contribution in [2.75, 3.05) is 6.54 Å². The van der Waals surface area contributed by atoms with Gasteiger partial charge in [-0.1, -0.05) is 33.3 Å². The van der Waals surface area contributed by atoms with E-state index in [0.717, 1.165) is 11.3 Å². The average molecular weight is 308 g/mol. The molecule has 1 aromatic rings. The Hall–Kier alpha value is -1.69. The molecule has 2 heterocycles. The van der Waals surface area contributed by atoms with Crippen molar-refractivity contribution < 1.29 is 14.4 Å². The predicted octanol–water partition coefficient (Wildman–Crippen LogP) is 2.52. The number of hydrogen-bond acceptors (Lipinski definition) is 4. The lowest BCUT2D eigenvalue weighted by atomic mass is 9.89. The second kappa shape index (κ2) is 5.97. The van der Waals surface area contributed by atoms with Gasteiger partial charge in [0.25, 0.3) is 0 Å². The fraction of sp³-hybridized carbons (Fsp3) is 0.533. The molecule has 2 rings (SSSR count). The summed E-state index contributed by atoms with van der Waals surface area (Å²) in [6, 6.07) is 3.33. The Bertz CT molecular complexity index is 551. The minimum absolute atomic E-state index is 0.270. The number of nitrogens with zero attached hydrogens (tertiary/aromatic N) is 1. The van der Waals surface area contributed by atoms with Crippen LogP contribution in [0, 0.1) is 5.92 Å². The van der Waals surface area contributed by atoms with Gasteiger partial charge in [0.05, 0.1) is 0 Å². The van der Waals surface area contributed by atoms with Gasteiger partial charge in [0.1, 0.15) is 5.92 Å². The van der Waals surface area contributed by atoms with Crippen molar-refractivity contribution in [1.29, 1.82) is 0 Å². The monoisotopic (exact) mass is 308 g/mol. The molecule has 1 aliphatic rings. The van der Waals surface area contributed by atoms with Crippen LogP contribution in [0.15, 0.2) is 17.5 Å². The lowest BCUT2D eigenvalue weighted by Crippen LogP contribution is -2.60. The van der Waals surface area contributed by atoms with Crippen LogP contribution < -0.4 is 5.32 Å². The molecule has 21 heavy (non-hydrogen) atoms. The van der Waals surface area contributed by atoms with Gasteiger partial charge < -0.3 is 0 Å². The number of thiophene rings is 1. The van der Waals surface area contributed by atoms with Crippen molar-refractivity contribution in [3.63, 3.8) is 0 Å². The van der Waals surface area contributed by atoms with Gasteiger partial charge in [-0.15, -0.1) is 11.3 Å². The van der Waals surface area contributed by atoms with E-state index in [0.29, 0.717) is 6.42 Å². The van der Waals surface area contributed by atoms with Crippen LogP contribution in [0.4, 0.5) is 4.79 Å². The molecule has 0 bridgehead atoms. The van der Waals surface area contributed by atoms with Gasteiger partial charge in [0.15, 0.2) is 0 Å². The van der Waals surface area contributed by atoms with Crippen molar-refractivity contribution in [2.24, 2.45) is 5.92 Å². The molecule has 0 spiro atoms. The highest BCUT2D eigenvalue weighted by molar-refractivity contribution is 7.10. The van der Waals surface area contributed by atoms with Crippen LogP contribution in [0.5, 0.6) is 0 Å². The summed E-state index contributed by atoms with van der Waals surface area (Å²) in [5.41, 5.74) is -0.335. The molecule has 1 fully saturated rings. The average Bonchev–Trinajstić information content (AvgIpc) is 2.94. The largest absolute Gasteiger partial charge is 0.330 e. The van der Waals surface area contributed by atoms with Crippen molar-refractivity contribution in [1.82, 2.24) is 10.2 Å². The molecular formula is C15H20N2O3S. The fourth-order valence-corrected chi connectivity index (χ4v) is 3.33. The second-order valence-electron chi connectivity index (χ2n) is 5.92. The molecule has 6 heteroatoms. The van der Waals surface area contributed by atoms with E-state index in [-0.39, 0.29) is 17.9 Å². The summed E-state index contributed by atoms with van der Waals surface area (Å²) in [7, 11) is 0. The number of carbonyl (C=O) groups excluding carboxylic acids is 3. The molecule has 1 N–H and O–H groups in total. The van der Waals surface area contributed by atoms with Crippen LogP contribution in [-0.4, -0.2) is 29.3 Å². The minimum Gasteiger partial charge on any atom is -0.277 e. The first kappa shape index (κ1) is 15.7. The third-order valence-electron chi connectivity index (χ3n) is 3.67. The molecular weight excluding hydrogens is 288 g/mol. The molecule has 0 radical (unpaired) electrons. The standard InChI is InChI=1S/C15H20N2O3S/c1-4-6-10-12(18)16-14(20)17(13(10)19)9-15(2,3)11-7-5-8-21-11/h5,7-8,10H,4,6,9H2,1-3H3,(H,16,18,20). The predicted molar refractivity (Wildman–Crippen MR) is 81.0 cm³/mol. The van der Waals surface area contributed by atoms with Crippen LogP contribution in [0.1, 0.15) is 38.5 Å². The second-order valence-corrected chi connectivity index (χ2v) is 6.87. The first-order chi connectivity index (χ1) is 9.86. The molecule has 114 valence electrons. The van der Waals surface area contributed by atoms with Gasteiger partial charge in [-0.05, 0) is 17.9 Å². The molecule has 0 saturated carbocycles. The van der Waals surface area contributed by atoms with Crippen LogP contribution in [0.2, 0.25) is 0 Å². The van der Waals surface area contributed by atoms with Crippen molar-refractivity contribution in [2.45, 2.75) is 39.0 Å². The Morgan fingerprint density at radius 1 is 1.33 bits per heavy atom. The summed E-state index contributed by atoms with van der Waals surface area (Å²) in [6.07, 6.45) is 1.19. The molecule has 0 aliphatic carbocycles. The normalized spacial score (nSPS) is 19.9. The molecule has 1 aromatic heterocycles. The van der Waals surface area contributed by atoms with Gasteiger partial charge >= 0.3 is 6.03 Å². The van der Waals surface area contributed by atoms with Crippen molar-refractivity contribution in [3.8, 4) is 0 Å². The Morgan fingerprint density at radius 2 is 2.05 bits per heavy atom. The van der Waals surface area contributed by atoms with Crippen LogP contribution in [0.3, 0.4) is 0 Å². The molecule has 1 saturated heterocycles. The highest BCUT2D eigenvalue weighted by Gasteiger charge is 2.42. The van der Waals surface area contributed by atoms with Gasteiger partial charge in [-0.2, -0.15) is 0 Å². The van der Waals surface area contributed by atoms with E-state index in [9.17, 15) is 14.4 Å². The van der Waals surface area contributed by atoms with Gasteiger partial charge in [0.2, 0.25) is 11.8 Å². The Morgan fingerprint density at radius 3 is 2.62 bits per heavy atom. The number of barbiturate groups is 1. The summed E-state index contributed by atoms with van der Waals surface area (Å²) < 4.78 is 0. The molecule has 1 unspecified atom stereocenters. The van der Waals surface area contributed by atoms with E-state index < -0.39 is 17.9 Å². The third-order valence-corrected chi connectivity index (χ3v) is 4.91. The smallest absolute Gasteiger partial charge is 0.277 e. The zero-order valence-electron chi connectivity index (χ0n) is 12.5. The minimum atomic E-state index is -0.744. The quantitative estimate of drug-likeness (QED) is 0.850. The summed E-state index contributed by atoms with van der Waals surface area (Å²) >= 11 is 1.60. The molecule has 1 aliphatic heterocycles. The van der Waals surface area contributed by atoms with Crippen LogP contribution in [0.25, 0.3) is 0 Å². The Balaban J connectivity index is 2.20. The first-order valence-electron chi connectivity index (χ1n) is 7.07. The van der Waals surface area contributed by atoms with Crippen molar-refractivity contribution in [3.05, 3.63) is 22.4 Å². The van der Waals surface area contributed by atoms with Gasteiger partial charge in [-0.25, -0.2) is 4.79 Å². The van der Waals surface area contributed by atoms with Gasteiger partial charge in [0, 0.05) is 16.8 Å². The maximum atomic E-state index is 12.4. The van der Waals surface area contributed by atoms with Gasteiger partial charge in [-0.3, -0.25) is 19.8 Å². The number of hydrogen-bond donors (Lipinski definition) is 1. The van der Waals surface area contributed by atoms with E-state index >= 15 is 0 Å². The van der Waals surface area contributed by atoms with Crippen LogP contribution >= 0.6 is 11.3 Å². The summed E-state index contributed by atoms with van der Waals surface area (Å²) in [5.74, 6) is -1.60. The number of nitrogens with one attached hydrogen (secondary N) is 1. The highest BCUT2D eigenvalue weighted by atomic mass is 32.1. The number of imide groups is 2. The molecule has 4 amide bonds. The summed E-state index contributed by atoms with van der Waals surface area (Å²) in [5, 5.41) is 4.26. The molecule has 0 aromatic carbocycles. The Kier molecular flexibility index (Phi) is 4.46. The SMILES string of the molecule is CCCC1C(=O)NC(=O)N(CC(C)(C)c2cccs2)C1=O. The number of urea groups is 1. The topological polar surface area (TPSA) is 66.5 Å². The van der Waals surface area contributed by atoms with Crippen LogP contribution in [-0.2, 0) is 15.0 Å². The molecule has 5 nitrogen and oxygen atoms in total. The first-order valence-corrected chi connectivity index (χ1v) is 7.95. The lowest BCUT2D eigenvalue weighted by molar-refractivity contribution is -0.143. The fourth-order valence-electron chi connectivity index (χ4n) is 2.49. The van der Waals surface area contributed by atoms with E-state index in [2.05, 4.69) is 5.32 Å². The third kappa shape index (κ3) is 3.15. The lowest BCUT2D eigenvalue weighted by Gasteiger charge is -2.35. The van der Waals surface area contributed by atoms with E-state index in [4.69, 9.17) is 0 Å². The number of rotatable bonds is 5. The highest BCUT2D eigenvalue weighted by Crippen LogP contribution is 2.30. The van der Waals surface area contributed by atoms with E-state index in [1.165, 1.54) is 4.90 Å². The maximum absolute atomic E-state index is 12.4. The zero-order valence-corrected chi connectivity index (χ0v) is 13.3. The summed E-state index contributed by atoms with van der Waals surface area (Å²) in [4.78, 5) is 38.5. The number of amides is 4. The Labute approximate surface area is 128 Å². The molecule has 1 atom stereocenters. The summed E-state index contributed by atoms with van der Waals surface area (Å²) in [6.45, 7) is 6.16. The number of carbonyl (C=O) groups is 3. The van der Waals surface area contributed by atoms with E-state index in [1.807, 2.05) is 38.3 Å².